The fourth-order valence-corrected chi connectivity index (χ4v) is 2.96. The number of nitrogens with one attached hydrogen (secondary N) is 2. The predicted molar refractivity (Wildman–Crippen MR) is 117 cm³/mol. The lowest BCUT2D eigenvalue weighted by Gasteiger charge is -2.08. The van der Waals surface area contributed by atoms with Crippen LogP contribution < -0.4 is 10.6 Å². The van der Waals surface area contributed by atoms with Crippen molar-refractivity contribution in [1.29, 1.82) is 0 Å². The van der Waals surface area contributed by atoms with Crippen molar-refractivity contribution in [3.8, 4) is 0 Å². The van der Waals surface area contributed by atoms with Gasteiger partial charge >= 0.3 is 0 Å². The van der Waals surface area contributed by atoms with Crippen molar-refractivity contribution >= 4 is 34.6 Å². The molecule has 10 heteroatoms. The molecule has 0 bridgehead atoms. The second-order valence-electron chi connectivity index (χ2n) is 6.88. The topological polar surface area (TPSA) is 144 Å². The average Bonchev–Trinajstić information content (AvgIpc) is 2.74. The third-order valence-electron chi connectivity index (χ3n) is 4.44. The van der Waals surface area contributed by atoms with E-state index in [9.17, 15) is 29.8 Å². The Morgan fingerprint density at radius 3 is 1.38 bits per heavy atom. The molecule has 3 rings (SSSR count). The summed E-state index contributed by atoms with van der Waals surface area (Å²) in [5.74, 6) is -0.599. The van der Waals surface area contributed by atoms with Crippen molar-refractivity contribution in [1.82, 2.24) is 0 Å². The van der Waals surface area contributed by atoms with E-state index in [1.165, 1.54) is 48.5 Å². The van der Waals surface area contributed by atoms with Crippen molar-refractivity contribution in [2.75, 3.05) is 10.6 Å². The number of anilines is 2. The monoisotopic (exact) mass is 434 g/mol. The van der Waals surface area contributed by atoms with Crippen molar-refractivity contribution in [2.24, 2.45) is 0 Å². The molecule has 0 unspecified atom stereocenters. The molecule has 3 aromatic rings. The highest BCUT2D eigenvalue weighted by Gasteiger charge is 2.10. The Kier molecular flexibility index (Phi) is 6.86. The molecule has 0 heterocycles. The molecule has 0 saturated heterocycles. The van der Waals surface area contributed by atoms with Gasteiger partial charge in [-0.1, -0.05) is 24.3 Å². The molecule has 0 radical (unpaired) electrons. The number of nitrogens with zero attached hydrogens (tertiary/aromatic N) is 2. The van der Waals surface area contributed by atoms with Crippen molar-refractivity contribution in [3.63, 3.8) is 0 Å². The van der Waals surface area contributed by atoms with Crippen LogP contribution in [0.3, 0.4) is 0 Å². The van der Waals surface area contributed by atoms with Crippen molar-refractivity contribution in [3.05, 3.63) is 104 Å². The SMILES string of the molecule is O=C(Cc1cccc(CC(=O)Nc2ccc([N+](=O)[O-])cc2)c1)Nc1ccc([N+](=O)[O-])cc1. The van der Waals surface area contributed by atoms with Gasteiger partial charge in [0, 0.05) is 35.6 Å². The van der Waals surface area contributed by atoms with E-state index >= 15 is 0 Å². The maximum atomic E-state index is 12.3. The lowest BCUT2D eigenvalue weighted by atomic mass is 10.1. The minimum Gasteiger partial charge on any atom is -0.326 e. The second kappa shape index (κ2) is 9.94. The minimum absolute atomic E-state index is 0.0643. The van der Waals surface area contributed by atoms with Gasteiger partial charge in [-0.05, 0) is 35.4 Å². The van der Waals surface area contributed by atoms with Crippen LogP contribution in [0, 0.1) is 20.2 Å². The molecule has 0 aliphatic rings. The molecular weight excluding hydrogens is 416 g/mol. The molecular formula is C22H18N4O6. The molecule has 3 aromatic carbocycles. The summed E-state index contributed by atoms with van der Waals surface area (Å²) < 4.78 is 0. The smallest absolute Gasteiger partial charge is 0.269 e. The molecule has 0 aromatic heterocycles. The fourth-order valence-electron chi connectivity index (χ4n) is 2.96. The van der Waals surface area contributed by atoms with Gasteiger partial charge in [0.05, 0.1) is 22.7 Å². The number of carbonyl (C=O) groups is 2. The second-order valence-corrected chi connectivity index (χ2v) is 6.88. The van der Waals surface area contributed by atoms with Crippen LogP contribution in [0.4, 0.5) is 22.7 Å². The average molecular weight is 434 g/mol. The van der Waals surface area contributed by atoms with Gasteiger partial charge in [-0.3, -0.25) is 29.8 Å². The Labute approximate surface area is 182 Å². The number of benzene rings is 3. The van der Waals surface area contributed by atoms with Gasteiger partial charge < -0.3 is 10.6 Å². The van der Waals surface area contributed by atoms with E-state index in [4.69, 9.17) is 0 Å². The first-order chi connectivity index (χ1) is 15.3. The highest BCUT2D eigenvalue weighted by atomic mass is 16.6. The number of amides is 2. The van der Waals surface area contributed by atoms with E-state index in [2.05, 4.69) is 10.6 Å². The van der Waals surface area contributed by atoms with Crippen molar-refractivity contribution in [2.45, 2.75) is 12.8 Å². The standard InChI is InChI=1S/C22H18N4O6/c27-21(23-17-4-8-19(9-5-17)25(29)30)13-15-2-1-3-16(12-15)14-22(28)24-18-6-10-20(11-7-18)26(31)32/h1-12H,13-14H2,(H,23,27)(H,24,28). The van der Waals surface area contributed by atoms with E-state index in [1.807, 2.05) is 0 Å². The number of nitro benzene ring substituents is 2. The normalized spacial score (nSPS) is 10.2. The third kappa shape index (κ3) is 6.20. The van der Waals surface area contributed by atoms with Gasteiger partial charge in [0.2, 0.25) is 11.8 Å². The number of rotatable bonds is 8. The first kappa shape index (κ1) is 22.1. The zero-order chi connectivity index (χ0) is 23.1. The Bertz CT molecular complexity index is 1070. The van der Waals surface area contributed by atoms with Crippen LogP contribution in [-0.4, -0.2) is 21.7 Å². The summed E-state index contributed by atoms with van der Waals surface area (Å²) in [6.07, 6.45) is 0.129. The summed E-state index contributed by atoms with van der Waals surface area (Å²) in [5.41, 5.74) is 2.15. The zero-order valence-electron chi connectivity index (χ0n) is 16.7. The summed E-state index contributed by atoms with van der Waals surface area (Å²) in [4.78, 5) is 44.9. The van der Waals surface area contributed by atoms with Crippen LogP contribution in [0.25, 0.3) is 0 Å². The lowest BCUT2D eigenvalue weighted by Crippen LogP contribution is -2.16. The van der Waals surface area contributed by atoms with Crippen LogP contribution in [0.1, 0.15) is 11.1 Å². The molecule has 0 saturated carbocycles. The first-order valence-corrected chi connectivity index (χ1v) is 9.46. The van der Waals surface area contributed by atoms with Gasteiger partial charge in [0.1, 0.15) is 0 Å². The van der Waals surface area contributed by atoms with Gasteiger partial charge in [0.25, 0.3) is 11.4 Å². The van der Waals surface area contributed by atoms with Crippen molar-refractivity contribution < 1.29 is 19.4 Å². The highest BCUT2D eigenvalue weighted by Crippen LogP contribution is 2.17. The lowest BCUT2D eigenvalue weighted by molar-refractivity contribution is -0.385. The Morgan fingerprint density at radius 2 is 1.03 bits per heavy atom. The van der Waals surface area contributed by atoms with Gasteiger partial charge in [0.15, 0.2) is 0 Å². The van der Waals surface area contributed by atoms with Crippen LogP contribution in [0.15, 0.2) is 72.8 Å². The van der Waals surface area contributed by atoms with E-state index < -0.39 is 9.85 Å². The quantitative estimate of drug-likeness (QED) is 0.407. The molecule has 0 fully saturated rings. The molecule has 0 spiro atoms. The molecule has 0 atom stereocenters. The van der Waals surface area contributed by atoms with Crippen LogP contribution in [0.5, 0.6) is 0 Å². The highest BCUT2D eigenvalue weighted by molar-refractivity contribution is 5.93. The molecule has 2 N–H and O–H groups in total. The third-order valence-corrected chi connectivity index (χ3v) is 4.44. The number of non-ortho nitro benzene ring substituents is 2. The van der Waals surface area contributed by atoms with E-state index in [0.717, 1.165) is 0 Å². The fraction of sp³-hybridized carbons (Fsp3) is 0.0909. The number of hydrogen-bond acceptors (Lipinski definition) is 6. The first-order valence-electron chi connectivity index (χ1n) is 9.46. The maximum absolute atomic E-state index is 12.3. The largest absolute Gasteiger partial charge is 0.326 e. The molecule has 0 aliphatic carbocycles. The molecule has 32 heavy (non-hydrogen) atoms. The number of nitro groups is 2. The number of hydrogen-bond donors (Lipinski definition) is 2. The molecule has 2 amide bonds. The van der Waals surface area contributed by atoms with E-state index in [1.54, 1.807) is 24.3 Å². The van der Waals surface area contributed by atoms with Crippen LogP contribution in [-0.2, 0) is 22.4 Å². The maximum Gasteiger partial charge on any atom is 0.269 e. The molecule has 0 aliphatic heterocycles. The predicted octanol–water partition coefficient (Wildman–Crippen LogP) is 3.87. The Balaban J connectivity index is 1.56. The van der Waals surface area contributed by atoms with Gasteiger partial charge in [-0.25, -0.2) is 0 Å². The van der Waals surface area contributed by atoms with Gasteiger partial charge in [-0.15, -0.1) is 0 Å². The Morgan fingerprint density at radius 1 is 0.656 bits per heavy atom. The summed E-state index contributed by atoms with van der Waals surface area (Å²) >= 11 is 0. The minimum atomic E-state index is -0.519. The van der Waals surface area contributed by atoms with E-state index in [0.29, 0.717) is 22.5 Å². The molecule has 162 valence electrons. The van der Waals surface area contributed by atoms with Crippen LogP contribution >= 0.6 is 0 Å². The van der Waals surface area contributed by atoms with Gasteiger partial charge in [-0.2, -0.15) is 0 Å². The van der Waals surface area contributed by atoms with Crippen LogP contribution in [0.2, 0.25) is 0 Å². The zero-order valence-corrected chi connectivity index (χ0v) is 16.7. The summed E-state index contributed by atoms with van der Waals surface area (Å²) in [5, 5.41) is 26.7. The summed E-state index contributed by atoms with van der Waals surface area (Å²) in [6.45, 7) is 0. The Hall–Kier alpha value is -4.60. The van der Waals surface area contributed by atoms with E-state index in [-0.39, 0.29) is 36.0 Å². The number of carbonyl (C=O) groups excluding carboxylic acids is 2. The summed E-state index contributed by atoms with van der Waals surface area (Å²) in [7, 11) is 0. The molecule has 10 nitrogen and oxygen atoms in total. The summed E-state index contributed by atoms with van der Waals surface area (Å²) in [6, 6.07) is 18.0.